The van der Waals surface area contributed by atoms with Gasteiger partial charge in [-0.3, -0.25) is 0 Å². The Balaban J connectivity index is 1.97. The molecule has 102 valence electrons. The molecule has 2 nitrogen and oxygen atoms in total. The topological polar surface area (TPSA) is 25.2 Å². The highest BCUT2D eigenvalue weighted by Gasteiger charge is 2.40. The van der Waals surface area contributed by atoms with Crippen LogP contribution in [0, 0.1) is 11.3 Å². The summed E-state index contributed by atoms with van der Waals surface area (Å²) >= 11 is 0. The quantitative estimate of drug-likeness (QED) is 0.874. The molecule has 0 radical (unpaired) electrons. The first-order chi connectivity index (χ1) is 9.12. The number of nitrogens with one attached hydrogen (secondary N) is 1. The number of hydrogen-bond donors (Lipinski definition) is 1. The summed E-state index contributed by atoms with van der Waals surface area (Å²) in [6, 6.07) is 10.8. The van der Waals surface area contributed by atoms with Crippen LogP contribution in [0.2, 0.25) is 0 Å². The highest BCUT2D eigenvalue weighted by Crippen LogP contribution is 2.49. The van der Waals surface area contributed by atoms with E-state index in [1.54, 1.807) is 0 Å². The van der Waals surface area contributed by atoms with E-state index in [1.165, 1.54) is 24.6 Å². The second kappa shape index (κ2) is 4.68. The van der Waals surface area contributed by atoms with Gasteiger partial charge in [-0.15, -0.1) is 0 Å². The molecule has 1 heterocycles. The van der Waals surface area contributed by atoms with E-state index in [4.69, 9.17) is 4.42 Å². The molecule has 19 heavy (non-hydrogen) atoms. The molecule has 0 amide bonds. The van der Waals surface area contributed by atoms with Gasteiger partial charge in [-0.2, -0.15) is 0 Å². The van der Waals surface area contributed by atoms with Crippen molar-refractivity contribution in [2.75, 3.05) is 7.05 Å². The van der Waals surface area contributed by atoms with E-state index in [0.29, 0.717) is 17.4 Å². The van der Waals surface area contributed by atoms with Crippen LogP contribution in [0.3, 0.4) is 0 Å². The summed E-state index contributed by atoms with van der Waals surface area (Å²) < 4.78 is 6.06. The molecular weight excluding hydrogens is 234 g/mol. The molecule has 1 aromatic carbocycles. The normalized spacial score (nSPS) is 23.8. The average Bonchev–Trinajstić information content (AvgIpc) is 2.94. The van der Waals surface area contributed by atoms with Crippen molar-refractivity contribution in [2.24, 2.45) is 11.3 Å². The van der Waals surface area contributed by atoms with E-state index in [1.807, 2.05) is 19.2 Å². The highest BCUT2D eigenvalue weighted by molar-refractivity contribution is 5.77. The van der Waals surface area contributed by atoms with Gasteiger partial charge in [0, 0.05) is 5.39 Å². The predicted octanol–water partition coefficient (Wildman–Crippen LogP) is 4.52. The van der Waals surface area contributed by atoms with Gasteiger partial charge in [0.05, 0.1) is 6.04 Å². The van der Waals surface area contributed by atoms with Crippen LogP contribution < -0.4 is 5.32 Å². The molecule has 1 aliphatic carbocycles. The molecular formula is C17H23NO. The third-order valence-electron chi connectivity index (χ3n) is 4.80. The number of benzene rings is 1. The zero-order chi connectivity index (χ0) is 13.5. The van der Waals surface area contributed by atoms with Gasteiger partial charge >= 0.3 is 0 Å². The lowest BCUT2D eigenvalue weighted by molar-refractivity contribution is 0.188. The molecule has 1 saturated carbocycles. The van der Waals surface area contributed by atoms with Crippen LogP contribution in [0.5, 0.6) is 0 Å². The van der Waals surface area contributed by atoms with Crippen LogP contribution in [-0.4, -0.2) is 7.05 Å². The SMILES string of the molecule is CNC(c1cc2ccccc2o1)C1CCCC1(C)C. The van der Waals surface area contributed by atoms with Gasteiger partial charge in [-0.05, 0) is 43.4 Å². The van der Waals surface area contributed by atoms with Crippen molar-refractivity contribution in [1.29, 1.82) is 0 Å². The predicted molar refractivity (Wildman–Crippen MR) is 79.1 cm³/mol. The maximum absolute atomic E-state index is 6.06. The molecule has 3 rings (SSSR count). The van der Waals surface area contributed by atoms with Crippen LogP contribution in [0.4, 0.5) is 0 Å². The van der Waals surface area contributed by atoms with Crippen molar-refractivity contribution in [3.8, 4) is 0 Å². The maximum atomic E-state index is 6.06. The van der Waals surface area contributed by atoms with Gasteiger partial charge in [0.15, 0.2) is 0 Å². The zero-order valence-corrected chi connectivity index (χ0v) is 12.1. The lowest BCUT2D eigenvalue weighted by Gasteiger charge is -2.32. The van der Waals surface area contributed by atoms with E-state index in [9.17, 15) is 0 Å². The Kier molecular flexibility index (Phi) is 3.14. The largest absolute Gasteiger partial charge is 0.459 e. The average molecular weight is 257 g/mol. The van der Waals surface area contributed by atoms with E-state index in [0.717, 1.165) is 11.3 Å². The van der Waals surface area contributed by atoms with Gasteiger partial charge in [-0.25, -0.2) is 0 Å². The van der Waals surface area contributed by atoms with Crippen LogP contribution in [0.1, 0.15) is 44.9 Å². The standard InChI is InChI=1S/C17H23NO/c1-17(2)10-6-8-13(17)16(18-3)15-11-12-7-4-5-9-14(12)19-15/h4-5,7,9,11,13,16,18H,6,8,10H2,1-3H3. The minimum atomic E-state index is 0.324. The lowest BCUT2D eigenvalue weighted by Crippen LogP contribution is -2.31. The summed E-state index contributed by atoms with van der Waals surface area (Å²) in [6.45, 7) is 4.77. The minimum Gasteiger partial charge on any atom is -0.459 e. The molecule has 2 aromatic rings. The summed E-state index contributed by atoms with van der Waals surface area (Å²) in [5.41, 5.74) is 1.39. The Hall–Kier alpha value is -1.28. The first kappa shape index (κ1) is 12.7. The monoisotopic (exact) mass is 257 g/mol. The Morgan fingerprint density at radius 3 is 2.74 bits per heavy atom. The highest BCUT2D eigenvalue weighted by atomic mass is 16.3. The third kappa shape index (κ3) is 2.18. The number of fused-ring (bicyclic) bond motifs is 1. The van der Waals surface area contributed by atoms with Crippen molar-refractivity contribution in [1.82, 2.24) is 5.32 Å². The summed E-state index contributed by atoms with van der Waals surface area (Å²) in [4.78, 5) is 0. The number of para-hydroxylation sites is 1. The van der Waals surface area contributed by atoms with Gasteiger partial charge in [0.25, 0.3) is 0 Å². The van der Waals surface area contributed by atoms with E-state index >= 15 is 0 Å². The molecule has 2 atom stereocenters. The summed E-state index contributed by atoms with van der Waals surface area (Å²) in [7, 11) is 2.05. The van der Waals surface area contributed by atoms with Gasteiger partial charge < -0.3 is 9.73 Å². The first-order valence-corrected chi connectivity index (χ1v) is 7.27. The molecule has 2 heteroatoms. The van der Waals surface area contributed by atoms with Crippen LogP contribution in [0.15, 0.2) is 34.7 Å². The van der Waals surface area contributed by atoms with Crippen molar-refractivity contribution >= 4 is 11.0 Å². The summed E-state index contributed by atoms with van der Waals surface area (Å²) in [5, 5.41) is 4.69. The first-order valence-electron chi connectivity index (χ1n) is 7.27. The molecule has 0 aliphatic heterocycles. The van der Waals surface area contributed by atoms with Crippen molar-refractivity contribution in [2.45, 2.75) is 39.2 Å². The molecule has 1 fully saturated rings. The van der Waals surface area contributed by atoms with Crippen LogP contribution >= 0.6 is 0 Å². The van der Waals surface area contributed by atoms with Gasteiger partial charge in [0.1, 0.15) is 11.3 Å². The fraction of sp³-hybridized carbons (Fsp3) is 0.529. The lowest BCUT2D eigenvalue weighted by atomic mass is 9.77. The zero-order valence-electron chi connectivity index (χ0n) is 12.1. The third-order valence-corrected chi connectivity index (χ3v) is 4.80. The minimum absolute atomic E-state index is 0.324. The molecule has 0 spiro atoms. The van der Waals surface area contributed by atoms with Crippen LogP contribution in [-0.2, 0) is 0 Å². The molecule has 0 bridgehead atoms. The fourth-order valence-corrected chi connectivity index (χ4v) is 3.67. The maximum Gasteiger partial charge on any atom is 0.134 e. The van der Waals surface area contributed by atoms with Gasteiger partial charge in [-0.1, -0.05) is 38.5 Å². The second-order valence-electron chi connectivity index (χ2n) is 6.44. The van der Waals surface area contributed by atoms with Crippen molar-refractivity contribution in [3.63, 3.8) is 0 Å². The Morgan fingerprint density at radius 2 is 2.11 bits per heavy atom. The Labute approximate surface area is 115 Å². The number of hydrogen-bond acceptors (Lipinski definition) is 2. The van der Waals surface area contributed by atoms with E-state index in [-0.39, 0.29) is 0 Å². The Morgan fingerprint density at radius 1 is 1.32 bits per heavy atom. The van der Waals surface area contributed by atoms with E-state index < -0.39 is 0 Å². The second-order valence-corrected chi connectivity index (χ2v) is 6.44. The molecule has 1 aliphatic rings. The van der Waals surface area contributed by atoms with Crippen molar-refractivity contribution < 1.29 is 4.42 Å². The molecule has 1 aromatic heterocycles. The van der Waals surface area contributed by atoms with E-state index in [2.05, 4.69) is 37.4 Å². The summed E-state index contributed by atoms with van der Waals surface area (Å²) in [5.74, 6) is 1.74. The molecule has 2 unspecified atom stereocenters. The van der Waals surface area contributed by atoms with Gasteiger partial charge in [0.2, 0.25) is 0 Å². The summed E-state index contributed by atoms with van der Waals surface area (Å²) in [6.07, 6.45) is 3.93. The van der Waals surface area contributed by atoms with Crippen LogP contribution in [0.25, 0.3) is 11.0 Å². The smallest absolute Gasteiger partial charge is 0.134 e. The molecule has 1 N–H and O–H groups in total. The number of rotatable bonds is 3. The number of furan rings is 1. The Bertz CT molecular complexity index is 536. The fourth-order valence-electron chi connectivity index (χ4n) is 3.67. The van der Waals surface area contributed by atoms with Crippen molar-refractivity contribution in [3.05, 3.63) is 36.1 Å². The molecule has 0 saturated heterocycles.